The average molecular weight is 255 g/mol. The molecule has 1 aromatic carbocycles. The first-order valence-electron chi connectivity index (χ1n) is 4.99. The van der Waals surface area contributed by atoms with Gasteiger partial charge in [-0.15, -0.1) is 0 Å². The van der Waals surface area contributed by atoms with Crippen molar-refractivity contribution in [1.29, 1.82) is 0 Å². The number of piperazine rings is 1. The highest BCUT2D eigenvalue weighted by molar-refractivity contribution is 9.10. The molecule has 1 heterocycles. The average Bonchev–Trinajstić information content (AvgIpc) is 2.23. The van der Waals surface area contributed by atoms with Crippen LogP contribution in [0.15, 0.2) is 22.7 Å². The summed E-state index contributed by atoms with van der Waals surface area (Å²) in [5.41, 5.74) is 2.72. The SMILES string of the molecule is Cc1ccc(Br)cc1N1CCNCC1. The number of benzene rings is 1. The molecule has 2 nitrogen and oxygen atoms in total. The fourth-order valence-electron chi connectivity index (χ4n) is 1.83. The van der Waals surface area contributed by atoms with Crippen LogP contribution in [-0.2, 0) is 0 Å². The zero-order chi connectivity index (χ0) is 9.97. The molecule has 0 aliphatic carbocycles. The Labute approximate surface area is 93.4 Å². The van der Waals surface area contributed by atoms with Crippen molar-refractivity contribution in [3.8, 4) is 0 Å². The van der Waals surface area contributed by atoms with Crippen LogP contribution in [-0.4, -0.2) is 26.2 Å². The van der Waals surface area contributed by atoms with E-state index in [4.69, 9.17) is 0 Å². The Hall–Kier alpha value is -0.540. The van der Waals surface area contributed by atoms with E-state index in [0.29, 0.717) is 0 Å². The second-order valence-electron chi connectivity index (χ2n) is 3.67. The minimum absolute atomic E-state index is 1.09. The predicted octanol–water partition coefficient (Wildman–Crippen LogP) is 2.17. The number of halogens is 1. The van der Waals surface area contributed by atoms with Gasteiger partial charge in [0.1, 0.15) is 0 Å². The monoisotopic (exact) mass is 254 g/mol. The van der Waals surface area contributed by atoms with Crippen LogP contribution in [0.1, 0.15) is 5.56 Å². The van der Waals surface area contributed by atoms with Crippen molar-refractivity contribution in [1.82, 2.24) is 5.32 Å². The van der Waals surface area contributed by atoms with Gasteiger partial charge < -0.3 is 10.2 Å². The van der Waals surface area contributed by atoms with Gasteiger partial charge in [-0.05, 0) is 24.6 Å². The van der Waals surface area contributed by atoms with Gasteiger partial charge in [0.25, 0.3) is 0 Å². The van der Waals surface area contributed by atoms with E-state index in [2.05, 4.69) is 51.3 Å². The van der Waals surface area contributed by atoms with Crippen molar-refractivity contribution in [2.45, 2.75) is 6.92 Å². The highest BCUT2D eigenvalue weighted by Gasteiger charge is 2.12. The molecule has 1 aliphatic rings. The quantitative estimate of drug-likeness (QED) is 0.827. The van der Waals surface area contributed by atoms with Gasteiger partial charge in [-0.3, -0.25) is 0 Å². The first-order valence-corrected chi connectivity index (χ1v) is 5.78. The van der Waals surface area contributed by atoms with Gasteiger partial charge in [0.2, 0.25) is 0 Å². The van der Waals surface area contributed by atoms with Crippen LogP contribution in [0.25, 0.3) is 0 Å². The van der Waals surface area contributed by atoms with Gasteiger partial charge in [-0.1, -0.05) is 22.0 Å². The summed E-state index contributed by atoms with van der Waals surface area (Å²) in [5.74, 6) is 0. The molecule has 1 saturated heterocycles. The van der Waals surface area contributed by atoms with Crippen LogP contribution < -0.4 is 10.2 Å². The van der Waals surface area contributed by atoms with E-state index in [9.17, 15) is 0 Å². The standard InChI is InChI=1S/C11H15BrN2/c1-9-2-3-10(12)8-11(9)14-6-4-13-5-7-14/h2-3,8,13H,4-7H2,1H3. The Morgan fingerprint density at radius 2 is 2.00 bits per heavy atom. The molecule has 76 valence electrons. The zero-order valence-corrected chi connectivity index (χ0v) is 9.97. The van der Waals surface area contributed by atoms with E-state index >= 15 is 0 Å². The summed E-state index contributed by atoms with van der Waals surface area (Å²) in [6.45, 7) is 6.57. The molecule has 1 N–H and O–H groups in total. The van der Waals surface area contributed by atoms with Crippen LogP contribution in [0.5, 0.6) is 0 Å². The van der Waals surface area contributed by atoms with E-state index in [1.807, 2.05) is 0 Å². The third-order valence-electron chi connectivity index (χ3n) is 2.63. The van der Waals surface area contributed by atoms with Crippen molar-refractivity contribution in [3.63, 3.8) is 0 Å². The van der Waals surface area contributed by atoms with Crippen molar-refractivity contribution in [2.24, 2.45) is 0 Å². The number of nitrogens with one attached hydrogen (secondary N) is 1. The Kier molecular flexibility index (Phi) is 3.08. The summed E-state index contributed by atoms with van der Waals surface area (Å²) in [5, 5.41) is 3.37. The van der Waals surface area contributed by atoms with Crippen molar-refractivity contribution in [3.05, 3.63) is 28.2 Å². The summed E-state index contributed by atoms with van der Waals surface area (Å²) in [4.78, 5) is 2.44. The lowest BCUT2D eigenvalue weighted by Gasteiger charge is -2.30. The van der Waals surface area contributed by atoms with Gasteiger partial charge in [-0.25, -0.2) is 0 Å². The number of aryl methyl sites for hydroxylation is 1. The molecule has 1 fully saturated rings. The Morgan fingerprint density at radius 3 is 2.71 bits per heavy atom. The van der Waals surface area contributed by atoms with Crippen LogP contribution in [0.4, 0.5) is 5.69 Å². The molecule has 0 atom stereocenters. The smallest absolute Gasteiger partial charge is 0.0408 e. The predicted molar refractivity (Wildman–Crippen MR) is 64.0 cm³/mol. The second kappa shape index (κ2) is 4.32. The van der Waals surface area contributed by atoms with Crippen LogP contribution in [0.3, 0.4) is 0 Å². The minimum atomic E-state index is 1.09. The van der Waals surface area contributed by atoms with Crippen molar-refractivity contribution in [2.75, 3.05) is 31.1 Å². The zero-order valence-electron chi connectivity index (χ0n) is 8.39. The molecule has 2 rings (SSSR count). The molecule has 0 aromatic heterocycles. The van der Waals surface area contributed by atoms with E-state index in [1.54, 1.807) is 0 Å². The summed E-state index contributed by atoms with van der Waals surface area (Å²) in [6, 6.07) is 6.48. The molecule has 1 aliphatic heterocycles. The molecule has 3 heteroatoms. The van der Waals surface area contributed by atoms with Gasteiger partial charge in [0, 0.05) is 36.3 Å². The summed E-state index contributed by atoms with van der Waals surface area (Å²) >= 11 is 3.52. The maximum atomic E-state index is 3.52. The fourth-order valence-corrected chi connectivity index (χ4v) is 2.18. The number of hydrogen-bond acceptors (Lipinski definition) is 2. The molecule has 0 saturated carbocycles. The van der Waals surface area contributed by atoms with Crippen molar-refractivity contribution < 1.29 is 0 Å². The number of anilines is 1. The van der Waals surface area contributed by atoms with Gasteiger partial charge in [-0.2, -0.15) is 0 Å². The van der Waals surface area contributed by atoms with Gasteiger partial charge >= 0.3 is 0 Å². The molecule has 14 heavy (non-hydrogen) atoms. The van der Waals surface area contributed by atoms with Crippen LogP contribution in [0.2, 0.25) is 0 Å². The van der Waals surface area contributed by atoms with Gasteiger partial charge in [0.05, 0.1) is 0 Å². The molecule has 0 spiro atoms. The van der Waals surface area contributed by atoms with Crippen molar-refractivity contribution >= 4 is 21.6 Å². The van der Waals surface area contributed by atoms with E-state index in [0.717, 1.165) is 30.7 Å². The highest BCUT2D eigenvalue weighted by atomic mass is 79.9. The number of nitrogens with zero attached hydrogens (tertiary/aromatic N) is 1. The largest absolute Gasteiger partial charge is 0.369 e. The maximum Gasteiger partial charge on any atom is 0.0408 e. The van der Waals surface area contributed by atoms with E-state index in [1.165, 1.54) is 11.3 Å². The van der Waals surface area contributed by atoms with Crippen LogP contribution in [0, 0.1) is 6.92 Å². The Bertz CT molecular complexity index is 319. The summed E-state index contributed by atoms with van der Waals surface area (Å²) in [6.07, 6.45) is 0. The second-order valence-corrected chi connectivity index (χ2v) is 4.58. The minimum Gasteiger partial charge on any atom is -0.369 e. The molecule has 0 radical (unpaired) electrons. The maximum absolute atomic E-state index is 3.52. The number of hydrogen-bond donors (Lipinski definition) is 1. The molecular formula is C11H15BrN2. The van der Waals surface area contributed by atoms with E-state index in [-0.39, 0.29) is 0 Å². The molecule has 1 aromatic rings. The fraction of sp³-hybridized carbons (Fsp3) is 0.455. The highest BCUT2D eigenvalue weighted by Crippen LogP contribution is 2.24. The van der Waals surface area contributed by atoms with E-state index < -0.39 is 0 Å². The topological polar surface area (TPSA) is 15.3 Å². The number of rotatable bonds is 1. The Balaban J connectivity index is 2.24. The summed E-state index contributed by atoms with van der Waals surface area (Å²) in [7, 11) is 0. The van der Waals surface area contributed by atoms with Gasteiger partial charge in [0.15, 0.2) is 0 Å². The van der Waals surface area contributed by atoms with Crippen LogP contribution >= 0.6 is 15.9 Å². The molecule has 0 amide bonds. The Morgan fingerprint density at radius 1 is 1.29 bits per heavy atom. The first-order chi connectivity index (χ1) is 6.77. The molecule has 0 unspecified atom stereocenters. The lowest BCUT2D eigenvalue weighted by molar-refractivity contribution is 0.588. The summed E-state index contributed by atoms with van der Waals surface area (Å²) < 4.78 is 1.16. The lowest BCUT2D eigenvalue weighted by atomic mass is 10.1. The molecule has 0 bridgehead atoms. The molecular weight excluding hydrogens is 240 g/mol. The third kappa shape index (κ3) is 2.10. The lowest BCUT2D eigenvalue weighted by Crippen LogP contribution is -2.43. The first kappa shape index (κ1) is 9.99. The normalized spacial score (nSPS) is 17.1. The third-order valence-corrected chi connectivity index (χ3v) is 3.12.